The molecule has 160 valence electrons. The van der Waals surface area contributed by atoms with Crippen molar-refractivity contribution in [1.82, 2.24) is 0 Å². The predicted octanol–water partition coefficient (Wildman–Crippen LogP) is 3.79. The van der Waals surface area contributed by atoms with Crippen LogP contribution >= 0.6 is 0 Å². The Morgan fingerprint density at radius 3 is 1.85 bits per heavy atom. The average Bonchev–Trinajstić information content (AvgIpc) is 2.29. The van der Waals surface area contributed by atoms with Gasteiger partial charge in [-0.3, -0.25) is 4.79 Å². The third kappa shape index (κ3) is 10.5. The van der Waals surface area contributed by atoms with Crippen LogP contribution in [-0.4, -0.2) is 40.0 Å². The minimum absolute atomic E-state index is 0.129. The van der Waals surface area contributed by atoms with E-state index >= 15 is 0 Å². The number of nitrogens with two attached hydrogens (primary N) is 1. The number of carbonyl (C=O) groups is 1. The highest BCUT2D eigenvalue weighted by atomic mass is 16.6. The van der Waals surface area contributed by atoms with E-state index in [1.54, 1.807) is 0 Å². The lowest BCUT2D eigenvalue weighted by Gasteiger charge is -2.38. The standard InChI is InChI=1S/C14H26O3.C8H17NO/c1-13(2,3)17-12(16)7-10-6-11(15)9-14(4,5)8-10;1-8(2)4-6(9)3-7(10)5-8/h10-11,15H,6-9H2,1-5H3;6-7,10H,3-5,9H2,1-2H3/t10-,11+;6-,7-/m10/s1. The van der Waals surface area contributed by atoms with E-state index < -0.39 is 5.60 Å². The van der Waals surface area contributed by atoms with Crippen molar-refractivity contribution in [3.05, 3.63) is 0 Å². The van der Waals surface area contributed by atoms with Crippen LogP contribution in [0.2, 0.25) is 0 Å². The van der Waals surface area contributed by atoms with Crippen molar-refractivity contribution in [2.75, 3.05) is 0 Å². The van der Waals surface area contributed by atoms with Crippen molar-refractivity contribution in [2.45, 2.75) is 117 Å². The first kappa shape index (κ1) is 24.4. The van der Waals surface area contributed by atoms with E-state index in [0.717, 1.165) is 38.5 Å². The average molecular weight is 386 g/mol. The quantitative estimate of drug-likeness (QED) is 0.629. The second-order valence-electron chi connectivity index (χ2n) is 11.3. The molecule has 2 aliphatic carbocycles. The van der Waals surface area contributed by atoms with E-state index in [9.17, 15) is 15.0 Å². The molecule has 0 aromatic carbocycles. The molecule has 2 fully saturated rings. The van der Waals surface area contributed by atoms with Gasteiger partial charge in [-0.25, -0.2) is 0 Å². The summed E-state index contributed by atoms with van der Waals surface area (Å²) in [7, 11) is 0. The van der Waals surface area contributed by atoms with Crippen LogP contribution in [0.1, 0.15) is 93.4 Å². The Hall–Kier alpha value is -0.650. The molecule has 5 heteroatoms. The van der Waals surface area contributed by atoms with Gasteiger partial charge in [0.25, 0.3) is 0 Å². The van der Waals surface area contributed by atoms with Gasteiger partial charge in [0.2, 0.25) is 0 Å². The zero-order chi connectivity index (χ0) is 21.0. The van der Waals surface area contributed by atoms with Crippen LogP contribution in [0.5, 0.6) is 0 Å². The third-order valence-electron chi connectivity index (χ3n) is 5.29. The van der Waals surface area contributed by atoms with Crippen molar-refractivity contribution in [1.29, 1.82) is 0 Å². The van der Waals surface area contributed by atoms with Gasteiger partial charge < -0.3 is 20.7 Å². The first-order valence-electron chi connectivity index (χ1n) is 10.4. The lowest BCUT2D eigenvalue weighted by Crippen LogP contribution is -2.39. The predicted molar refractivity (Wildman–Crippen MR) is 109 cm³/mol. The van der Waals surface area contributed by atoms with Crippen molar-refractivity contribution in [3.8, 4) is 0 Å². The molecule has 4 atom stereocenters. The van der Waals surface area contributed by atoms with Gasteiger partial charge in [0.15, 0.2) is 0 Å². The van der Waals surface area contributed by atoms with Gasteiger partial charge in [-0.15, -0.1) is 0 Å². The van der Waals surface area contributed by atoms with Crippen molar-refractivity contribution in [3.63, 3.8) is 0 Å². The number of hydrogen-bond acceptors (Lipinski definition) is 5. The lowest BCUT2D eigenvalue weighted by atomic mass is 9.70. The Balaban J connectivity index is 0.000000309. The van der Waals surface area contributed by atoms with E-state index in [0.29, 0.717) is 6.42 Å². The molecule has 2 rings (SSSR count). The minimum atomic E-state index is -0.417. The Morgan fingerprint density at radius 1 is 0.963 bits per heavy atom. The van der Waals surface area contributed by atoms with Crippen LogP contribution < -0.4 is 5.73 Å². The molecule has 5 nitrogen and oxygen atoms in total. The van der Waals surface area contributed by atoms with E-state index in [1.807, 2.05) is 20.8 Å². The fourth-order valence-electron chi connectivity index (χ4n) is 4.78. The summed E-state index contributed by atoms with van der Waals surface area (Å²) in [5.41, 5.74) is 5.70. The van der Waals surface area contributed by atoms with Gasteiger partial charge in [-0.05, 0) is 76.0 Å². The second kappa shape index (κ2) is 9.23. The molecule has 4 N–H and O–H groups in total. The van der Waals surface area contributed by atoms with E-state index in [1.165, 1.54) is 0 Å². The fraction of sp³-hybridized carbons (Fsp3) is 0.955. The maximum absolute atomic E-state index is 11.7. The number of carbonyl (C=O) groups excluding carboxylic acids is 1. The Morgan fingerprint density at radius 2 is 1.44 bits per heavy atom. The van der Waals surface area contributed by atoms with Gasteiger partial charge in [-0.1, -0.05) is 27.7 Å². The first-order valence-corrected chi connectivity index (χ1v) is 10.4. The summed E-state index contributed by atoms with van der Waals surface area (Å²) in [6, 6.07) is 0.207. The van der Waals surface area contributed by atoms with Crippen molar-refractivity contribution in [2.24, 2.45) is 22.5 Å². The molecule has 0 aromatic rings. The van der Waals surface area contributed by atoms with Crippen LogP contribution in [0.4, 0.5) is 0 Å². The molecule has 0 aliphatic heterocycles. The van der Waals surface area contributed by atoms with E-state index in [-0.39, 0.29) is 41.0 Å². The molecule has 0 saturated heterocycles. The molecule has 0 bridgehead atoms. The number of aliphatic hydroxyl groups is 2. The monoisotopic (exact) mass is 385 g/mol. The molecule has 27 heavy (non-hydrogen) atoms. The third-order valence-corrected chi connectivity index (χ3v) is 5.29. The smallest absolute Gasteiger partial charge is 0.306 e. The Kier molecular flexibility index (Phi) is 8.34. The summed E-state index contributed by atoms with van der Waals surface area (Å²) in [4.78, 5) is 11.7. The summed E-state index contributed by atoms with van der Waals surface area (Å²) in [6.45, 7) is 14.3. The van der Waals surface area contributed by atoms with Crippen LogP contribution in [0.25, 0.3) is 0 Å². The fourth-order valence-corrected chi connectivity index (χ4v) is 4.78. The highest BCUT2D eigenvalue weighted by molar-refractivity contribution is 5.70. The molecular weight excluding hydrogens is 342 g/mol. The minimum Gasteiger partial charge on any atom is -0.460 e. The summed E-state index contributed by atoms with van der Waals surface area (Å²) >= 11 is 0. The number of hydrogen-bond donors (Lipinski definition) is 3. The highest BCUT2D eigenvalue weighted by Gasteiger charge is 2.35. The molecule has 0 aromatic heterocycles. The molecule has 2 aliphatic rings. The normalized spacial score (nSPS) is 32.8. The summed E-state index contributed by atoms with van der Waals surface area (Å²) in [5, 5.41) is 19.1. The zero-order valence-electron chi connectivity index (χ0n) is 18.5. The number of aliphatic hydroxyl groups excluding tert-OH is 2. The first-order chi connectivity index (χ1) is 12.1. The lowest BCUT2D eigenvalue weighted by molar-refractivity contribution is -0.156. The van der Waals surface area contributed by atoms with Gasteiger partial charge in [-0.2, -0.15) is 0 Å². The molecule has 0 radical (unpaired) electrons. The van der Waals surface area contributed by atoms with Crippen LogP contribution in [0, 0.1) is 16.7 Å². The van der Waals surface area contributed by atoms with Crippen LogP contribution in [0.15, 0.2) is 0 Å². The summed E-state index contributed by atoms with van der Waals surface area (Å²) in [6.07, 6.45) is 5.26. The van der Waals surface area contributed by atoms with E-state index in [2.05, 4.69) is 27.7 Å². The zero-order valence-corrected chi connectivity index (χ0v) is 18.5. The molecule has 0 heterocycles. The number of esters is 1. The number of ether oxygens (including phenoxy) is 1. The Bertz CT molecular complexity index is 469. The van der Waals surface area contributed by atoms with Crippen LogP contribution in [-0.2, 0) is 9.53 Å². The van der Waals surface area contributed by atoms with Crippen molar-refractivity contribution >= 4 is 5.97 Å². The number of rotatable bonds is 2. The molecule has 0 spiro atoms. The highest BCUT2D eigenvalue weighted by Crippen LogP contribution is 2.40. The maximum Gasteiger partial charge on any atom is 0.306 e. The second-order valence-corrected chi connectivity index (χ2v) is 11.3. The largest absolute Gasteiger partial charge is 0.460 e. The summed E-state index contributed by atoms with van der Waals surface area (Å²) in [5.74, 6) is 0.107. The Labute approximate surface area is 166 Å². The van der Waals surface area contributed by atoms with E-state index in [4.69, 9.17) is 10.5 Å². The molecule has 0 unspecified atom stereocenters. The van der Waals surface area contributed by atoms with Gasteiger partial charge in [0, 0.05) is 12.5 Å². The molecule has 2 saturated carbocycles. The van der Waals surface area contributed by atoms with Gasteiger partial charge >= 0.3 is 5.97 Å². The van der Waals surface area contributed by atoms with Gasteiger partial charge in [0.1, 0.15) is 5.60 Å². The SMILES string of the molecule is CC1(C)C[C@@H](N)C[C@H](O)C1.CC1(C)C[C@@H](O)C[C@H](CC(=O)OC(C)(C)C)C1. The van der Waals surface area contributed by atoms with Crippen molar-refractivity contribution < 1.29 is 19.7 Å². The topological polar surface area (TPSA) is 92.8 Å². The van der Waals surface area contributed by atoms with Gasteiger partial charge in [0.05, 0.1) is 12.2 Å². The molecule has 0 amide bonds. The maximum atomic E-state index is 11.7. The van der Waals surface area contributed by atoms with Crippen LogP contribution in [0.3, 0.4) is 0 Å². The molecular formula is C22H43NO4. The summed E-state index contributed by atoms with van der Waals surface area (Å²) < 4.78 is 5.32.